The largest absolute Gasteiger partial charge is 1.00 e. The van der Waals surface area contributed by atoms with Gasteiger partial charge in [0.05, 0.1) is 54.4 Å². The van der Waals surface area contributed by atoms with Crippen molar-refractivity contribution in [3.8, 4) is 0 Å². The predicted octanol–water partition coefficient (Wildman–Crippen LogP) is 5.34. The van der Waals surface area contributed by atoms with E-state index in [0.717, 1.165) is 139 Å². The third-order valence-corrected chi connectivity index (χ3v) is 29.4. The van der Waals surface area contributed by atoms with E-state index in [1.54, 1.807) is 34.4 Å². The number of fused-ring (bicyclic) bond motifs is 3. The van der Waals surface area contributed by atoms with Gasteiger partial charge in [-0.25, -0.2) is 14.8 Å². The van der Waals surface area contributed by atoms with Crippen LogP contribution in [-0.4, -0.2) is 176 Å². The first kappa shape index (κ1) is 96.7. The van der Waals surface area contributed by atoms with Gasteiger partial charge in [-0.1, -0.05) is 79.9 Å². The summed E-state index contributed by atoms with van der Waals surface area (Å²) in [7, 11) is 0. The summed E-state index contributed by atoms with van der Waals surface area (Å²) in [5, 5.41) is 51.8. The van der Waals surface area contributed by atoms with Crippen molar-refractivity contribution in [3.05, 3.63) is 78.6 Å². The summed E-state index contributed by atoms with van der Waals surface area (Å²) in [5.74, 6) is 1.52. The summed E-state index contributed by atoms with van der Waals surface area (Å²) in [6.07, 6.45) is 21.7. The van der Waals surface area contributed by atoms with E-state index in [1.165, 1.54) is 50.7 Å². The molecule has 2 aromatic carbocycles. The summed E-state index contributed by atoms with van der Waals surface area (Å²) in [6.45, 7) is 0.836. The van der Waals surface area contributed by atoms with Gasteiger partial charge in [-0.3, -0.25) is 33.8 Å². The second kappa shape index (κ2) is 58.4. The molecule has 6 heterocycles. The molecule has 0 spiro atoms. The number of primary amides is 2. The first-order valence-electron chi connectivity index (χ1n) is 34.9. The van der Waals surface area contributed by atoms with E-state index < -0.39 is 23.9 Å². The second-order valence-corrected chi connectivity index (χ2v) is 38.0. The van der Waals surface area contributed by atoms with Gasteiger partial charge in [0.1, 0.15) is 0 Å². The number of carbonyl (C=O) groups excluding carboxylic acids is 7. The van der Waals surface area contributed by atoms with Crippen LogP contribution in [0.1, 0.15) is 164 Å². The number of pyridine rings is 1. The Bertz CT molecular complexity index is 3270. The van der Waals surface area contributed by atoms with E-state index in [4.69, 9.17) is 31.6 Å². The molecule has 105 heavy (non-hydrogen) atoms. The van der Waals surface area contributed by atoms with E-state index in [1.807, 2.05) is 102 Å². The van der Waals surface area contributed by atoms with Gasteiger partial charge in [-0.15, -0.1) is 58.0 Å². The molecule has 8 atom stereocenters. The molecule has 0 bridgehead atoms. The van der Waals surface area contributed by atoms with Crippen LogP contribution in [0.4, 0.5) is 4.79 Å². The number of aliphatic carboxylic acids is 4. The van der Waals surface area contributed by atoms with Gasteiger partial charge in [-0.05, 0) is 162 Å². The zero-order valence-electron chi connectivity index (χ0n) is 60.0. The van der Waals surface area contributed by atoms with Crippen molar-refractivity contribution in [2.24, 2.45) is 11.5 Å². The minimum Gasteiger partial charge on any atom is -0.550 e. The van der Waals surface area contributed by atoms with Crippen LogP contribution in [0, 0.1) is 0 Å². The van der Waals surface area contributed by atoms with Crippen LogP contribution in [-0.2, 0) is 38.4 Å². The molecule has 0 radical (unpaired) electrons. The Morgan fingerprint density at radius 1 is 0.610 bits per heavy atom. The van der Waals surface area contributed by atoms with Crippen LogP contribution in [0.5, 0.6) is 0 Å². The van der Waals surface area contributed by atoms with E-state index in [2.05, 4.69) is 69.2 Å². The molecule has 3 aliphatic rings. The molecule has 35 heteroatoms. The fourth-order valence-electron chi connectivity index (χ4n) is 10.8. The van der Waals surface area contributed by atoms with Crippen LogP contribution in [0.25, 0.3) is 20.4 Å². The fraction of sp³-hybridized carbons (Fsp3) is 0.600. The summed E-state index contributed by atoms with van der Waals surface area (Å²) < 4.78 is 5.13. The zero-order chi connectivity index (χ0) is 74.4. The number of benzene rings is 2. The van der Waals surface area contributed by atoms with Crippen molar-refractivity contribution in [1.29, 1.82) is 0 Å². The molecule has 570 valence electrons. The van der Waals surface area contributed by atoms with Gasteiger partial charge in [0.15, 0.2) is 8.68 Å². The number of thioether (sulfide) groups is 8. The molecule has 8 unspecified atom stereocenters. The average molecular weight is 1670 g/mol. The standard InChI is InChI=1S/C22H38N4O5S3.C22H22N2O2S4.C14H19NO2S2.C12H22N2O4S2.2Na/c27-18(7-3-2-6-17-21-16(13-34-17)25-22(31)26-21)23-10-11-24-19(28)14-33-12-9-15(32)5-1-4-8-20(29)30;25-20(26)12-6-1-7-15(28-22-24-17-9-3-5-11-19(17)30-22)13-14-27-21-23-16-8-2-4-10-18(16)29-21;16-13(17)4-2-1-3-12-7-10-18-14(19-12)11-5-8-15-9-6-11;13-10(15)7-19-6-5-9(20-8-11(14)16)3-1-2-4-12(17)18;;/h15-17,21,32H,1-14H2,(H,23,27)(H,24,28)(H,29,30)(H2,25,26,31);2-5,8-11,15H,1,6-7,12-14H2,(H,25,26);5-6,8-9,12,14H,1-4,7,10H2,(H,16,17);9H,1-8H2,(H2,13,15)(H2,14,16)(H,17,18);;/q;;;;2*+1/p-2. The number of carbonyl (C=O) groups is 9. The van der Waals surface area contributed by atoms with Crippen molar-refractivity contribution in [2.75, 3.05) is 59.1 Å². The fourth-order valence-corrected chi connectivity index (χ4v) is 24.0. The summed E-state index contributed by atoms with van der Waals surface area (Å²) in [6, 6.07) is 21.0. The van der Waals surface area contributed by atoms with Gasteiger partial charge < -0.3 is 62.7 Å². The maximum absolute atomic E-state index is 12.0. The third-order valence-electron chi connectivity index (χ3n) is 16.1. The number of hydrogen-bond donors (Lipinski definition) is 9. The number of rotatable bonds is 48. The topological polar surface area (TPSA) is 379 Å². The molecule has 0 saturated carbocycles. The Kier molecular flexibility index (Phi) is 53.8. The van der Waals surface area contributed by atoms with Crippen molar-refractivity contribution in [2.45, 2.75) is 206 Å². The maximum Gasteiger partial charge on any atom is 1.00 e. The van der Waals surface area contributed by atoms with E-state index in [9.17, 15) is 53.4 Å². The number of amides is 6. The number of urea groups is 1. The molecule has 3 fully saturated rings. The third kappa shape index (κ3) is 45.0. The van der Waals surface area contributed by atoms with Crippen molar-refractivity contribution in [1.82, 2.24) is 36.2 Å². The van der Waals surface area contributed by atoms with Crippen molar-refractivity contribution >= 4 is 203 Å². The van der Waals surface area contributed by atoms with Gasteiger partial charge in [0.25, 0.3) is 0 Å². The Balaban J connectivity index is 0.000000372. The van der Waals surface area contributed by atoms with Crippen LogP contribution in [0.3, 0.4) is 0 Å². The van der Waals surface area contributed by atoms with Gasteiger partial charge in [-0.2, -0.15) is 47.9 Å². The zero-order valence-corrected chi connectivity index (χ0v) is 73.1. The molecule has 3 saturated heterocycles. The number of nitrogens with zero attached hydrogens (tertiary/aromatic N) is 3. The average Bonchev–Trinajstić information content (AvgIpc) is 1.67. The SMILES string of the molecule is NC(=O)CSCCC(CCCCC(=O)O)SCC(N)=O.O=C(O)CCCCC(S)CCSCC(=O)NCCNC(=O)CCCCC1SCC2NC(=O)NC21.O=C([O-])CCCCC(CCSc1nc2ccccc2s1)Sc1nc2ccccc2s1.O=C([O-])CCCCC1CCSC(c2ccncc2)S1.[Na+].[Na+]. The van der Waals surface area contributed by atoms with Crippen LogP contribution in [0.2, 0.25) is 0 Å². The van der Waals surface area contributed by atoms with Crippen LogP contribution >= 0.6 is 129 Å². The van der Waals surface area contributed by atoms with Gasteiger partial charge in [0, 0.05) is 94.4 Å². The molecule has 8 rings (SSSR count). The molecule has 3 aromatic heterocycles. The summed E-state index contributed by atoms with van der Waals surface area (Å²) in [5.41, 5.74) is 13.6. The van der Waals surface area contributed by atoms with Crippen LogP contribution < -0.4 is 102 Å². The number of nitrogens with two attached hydrogens (primary N) is 2. The van der Waals surface area contributed by atoms with Crippen molar-refractivity contribution in [3.63, 3.8) is 0 Å². The maximum atomic E-state index is 12.0. The number of unbranched alkanes of at least 4 members (excludes halogenated alkanes) is 5. The smallest absolute Gasteiger partial charge is 0.550 e. The van der Waals surface area contributed by atoms with E-state index >= 15 is 0 Å². The summed E-state index contributed by atoms with van der Waals surface area (Å²) in [4.78, 5) is 112. The number of nitrogens with one attached hydrogen (secondary N) is 4. The first-order chi connectivity index (χ1) is 49.7. The van der Waals surface area contributed by atoms with Gasteiger partial charge in [0.2, 0.25) is 23.6 Å². The Hall–Kier alpha value is -2.45. The molecular formula is C70H99N9Na2O13S11. The quantitative estimate of drug-likeness (QED) is 0.00780. The molecule has 5 aromatic rings. The summed E-state index contributed by atoms with van der Waals surface area (Å²) >= 11 is 22.0. The predicted molar refractivity (Wildman–Crippen MR) is 430 cm³/mol. The minimum absolute atomic E-state index is 0. The number of thiazole rings is 2. The minimum atomic E-state index is -0.961. The number of carboxylic acids is 4. The number of para-hydroxylation sites is 2. The van der Waals surface area contributed by atoms with Crippen LogP contribution in [0.15, 0.2) is 81.7 Å². The molecule has 6 amide bonds. The Morgan fingerprint density at radius 3 is 1.80 bits per heavy atom. The molecular weight excluding hydrogens is 1570 g/mol. The number of thiol groups is 1. The number of hydrogen-bond acceptors (Lipinski definition) is 25. The van der Waals surface area contributed by atoms with E-state index in [-0.39, 0.29) is 143 Å². The Labute approximate surface area is 709 Å². The monoisotopic (exact) mass is 1670 g/mol. The van der Waals surface area contributed by atoms with E-state index in [0.29, 0.717) is 70.6 Å². The molecule has 3 aliphatic heterocycles. The Morgan fingerprint density at radius 2 is 1.16 bits per heavy atom. The number of carboxylic acid groups (broad SMARTS) is 4. The molecule has 10 N–H and O–H groups in total. The van der Waals surface area contributed by atoms with Gasteiger partial charge >= 0.3 is 77.1 Å². The second-order valence-electron chi connectivity index (χ2n) is 24.6. The number of aromatic nitrogens is 3. The normalized spacial score (nSPS) is 17.2. The van der Waals surface area contributed by atoms with Crippen molar-refractivity contribution < 1.29 is 123 Å². The molecule has 0 aliphatic carbocycles. The first-order valence-corrected chi connectivity index (χ1v) is 45.3. The molecule has 22 nitrogen and oxygen atoms in total.